The second kappa shape index (κ2) is 3.72. The maximum absolute atomic E-state index is 11.6. The fourth-order valence-electron chi connectivity index (χ4n) is 2.02. The smallest absolute Gasteiger partial charge is 0.184 e. The number of Topliss-reactive ketones (excluding diaryl/α,β-unsaturated/α-hetero) is 1. The summed E-state index contributed by atoms with van der Waals surface area (Å²) in [5.74, 6) is 0.000561. The van der Waals surface area contributed by atoms with E-state index in [4.69, 9.17) is 0 Å². The van der Waals surface area contributed by atoms with Crippen LogP contribution in [0.15, 0.2) is 53.6 Å². The summed E-state index contributed by atoms with van der Waals surface area (Å²) in [7, 11) is 0. The first-order valence-corrected chi connectivity index (χ1v) is 5.24. The van der Waals surface area contributed by atoms with Crippen molar-refractivity contribution in [2.45, 2.75) is 19.4 Å². The van der Waals surface area contributed by atoms with Gasteiger partial charge in [-0.2, -0.15) is 0 Å². The molecule has 0 heterocycles. The third-order valence-corrected chi connectivity index (χ3v) is 2.83. The molecular formula is C14H14O2. The first kappa shape index (κ1) is 10.8. The minimum Gasteiger partial charge on any atom is -0.377 e. The maximum Gasteiger partial charge on any atom is 0.184 e. The zero-order chi connectivity index (χ0) is 11.8. The Labute approximate surface area is 94.9 Å². The lowest BCUT2D eigenvalue weighted by Crippen LogP contribution is -2.26. The van der Waals surface area contributed by atoms with Crippen LogP contribution >= 0.6 is 0 Å². The molecule has 0 aliphatic heterocycles. The topological polar surface area (TPSA) is 37.3 Å². The van der Waals surface area contributed by atoms with E-state index >= 15 is 0 Å². The van der Waals surface area contributed by atoms with E-state index in [0.717, 1.165) is 5.56 Å². The van der Waals surface area contributed by atoms with E-state index in [1.165, 1.54) is 0 Å². The summed E-state index contributed by atoms with van der Waals surface area (Å²) in [5, 5.41) is 10.5. The van der Waals surface area contributed by atoms with Crippen LogP contribution in [0.4, 0.5) is 0 Å². The van der Waals surface area contributed by atoms with Crippen molar-refractivity contribution in [3.63, 3.8) is 0 Å². The number of benzene rings is 1. The predicted octanol–water partition coefficient (Wildman–Crippen LogP) is 2.35. The predicted molar refractivity (Wildman–Crippen MR) is 62.9 cm³/mol. The largest absolute Gasteiger partial charge is 0.377 e. The van der Waals surface area contributed by atoms with Gasteiger partial charge in [-0.1, -0.05) is 30.3 Å². The summed E-state index contributed by atoms with van der Waals surface area (Å²) in [6.07, 6.45) is 3.22. The van der Waals surface area contributed by atoms with Crippen molar-refractivity contribution >= 4 is 5.78 Å². The molecule has 2 nitrogen and oxygen atoms in total. The Bertz CT molecular complexity index is 459. The molecule has 0 atom stereocenters. The molecule has 0 aromatic heterocycles. The third-order valence-electron chi connectivity index (χ3n) is 2.83. The normalized spacial score (nSPS) is 19.1. The van der Waals surface area contributed by atoms with Crippen molar-refractivity contribution in [1.82, 2.24) is 0 Å². The van der Waals surface area contributed by atoms with Gasteiger partial charge in [-0.15, -0.1) is 0 Å². The Kier molecular flexibility index (Phi) is 2.52. The molecule has 0 saturated carbocycles. The molecule has 1 aromatic carbocycles. The Morgan fingerprint density at radius 3 is 2.00 bits per heavy atom. The van der Waals surface area contributed by atoms with Gasteiger partial charge in [0.1, 0.15) is 5.60 Å². The molecule has 0 bridgehead atoms. The van der Waals surface area contributed by atoms with Crippen molar-refractivity contribution in [3.05, 3.63) is 59.2 Å². The number of hydrogen-bond donors (Lipinski definition) is 1. The lowest BCUT2D eigenvalue weighted by Gasteiger charge is -2.26. The summed E-state index contributed by atoms with van der Waals surface area (Å²) in [5.41, 5.74) is 0.808. The number of hydrogen-bond acceptors (Lipinski definition) is 2. The summed E-state index contributed by atoms with van der Waals surface area (Å²) >= 11 is 0. The van der Waals surface area contributed by atoms with Gasteiger partial charge >= 0.3 is 0 Å². The zero-order valence-electron chi connectivity index (χ0n) is 9.40. The highest BCUT2D eigenvalue weighted by atomic mass is 16.3. The van der Waals surface area contributed by atoms with Crippen LogP contribution < -0.4 is 0 Å². The van der Waals surface area contributed by atoms with Crippen molar-refractivity contribution in [2.75, 3.05) is 0 Å². The fourth-order valence-corrected chi connectivity index (χ4v) is 2.02. The highest BCUT2D eigenvalue weighted by molar-refractivity contribution is 6.08. The molecule has 0 fully saturated rings. The van der Waals surface area contributed by atoms with Crippen LogP contribution in [0.1, 0.15) is 19.4 Å². The molecule has 0 amide bonds. The molecule has 1 N–H and O–H groups in total. The number of ketones is 1. The Hall–Kier alpha value is -1.67. The minimum atomic E-state index is -1.15. The third kappa shape index (κ3) is 1.72. The Morgan fingerprint density at radius 1 is 1.00 bits per heavy atom. The average molecular weight is 214 g/mol. The highest BCUT2D eigenvalue weighted by Gasteiger charge is 2.30. The van der Waals surface area contributed by atoms with Gasteiger partial charge in [0.15, 0.2) is 5.78 Å². The molecular weight excluding hydrogens is 200 g/mol. The fraction of sp³-hybridized carbons (Fsp3) is 0.214. The van der Waals surface area contributed by atoms with E-state index in [2.05, 4.69) is 0 Å². The maximum atomic E-state index is 11.6. The van der Waals surface area contributed by atoms with Crippen LogP contribution in [-0.4, -0.2) is 10.9 Å². The molecule has 2 rings (SSSR count). The van der Waals surface area contributed by atoms with Gasteiger partial charge in [-0.05, 0) is 42.7 Å². The van der Waals surface area contributed by atoms with E-state index in [1.807, 2.05) is 30.3 Å². The number of carbonyl (C=O) groups is 1. The molecule has 0 unspecified atom stereocenters. The molecule has 1 aliphatic carbocycles. The lowest BCUT2D eigenvalue weighted by atomic mass is 9.83. The number of rotatable bonds is 1. The molecule has 16 heavy (non-hydrogen) atoms. The van der Waals surface area contributed by atoms with Gasteiger partial charge < -0.3 is 5.11 Å². The SMILES string of the molecule is CC1=CC(O)(c2ccccc2)C=C(C)C1=O. The Balaban J connectivity index is 2.52. The van der Waals surface area contributed by atoms with Crippen molar-refractivity contribution in [2.24, 2.45) is 0 Å². The average Bonchev–Trinajstić information content (AvgIpc) is 2.27. The van der Waals surface area contributed by atoms with E-state index in [9.17, 15) is 9.90 Å². The van der Waals surface area contributed by atoms with Crippen molar-refractivity contribution in [1.29, 1.82) is 0 Å². The number of allylic oxidation sites excluding steroid dienone is 2. The second-order valence-corrected chi connectivity index (χ2v) is 4.18. The van der Waals surface area contributed by atoms with Crippen LogP contribution in [0.2, 0.25) is 0 Å². The van der Waals surface area contributed by atoms with E-state index < -0.39 is 5.60 Å². The van der Waals surface area contributed by atoms with E-state index in [-0.39, 0.29) is 5.78 Å². The quantitative estimate of drug-likeness (QED) is 0.779. The van der Waals surface area contributed by atoms with Crippen LogP contribution in [0.3, 0.4) is 0 Å². The lowest BCUT2D eigenvalue weighted by molar-refractivity contribution is -0.112. The van der Waals surface area contributed by atoms with Crippen LogP contribution in [-0.2, 0) is 10.4 Å². The molecule has 2 heteroatoms. The highest BCUT2D eigenvalue weighted by Crippen LogP contribution is 2.31. The molecule has 0 spiro atoms. The molecule has 1 aromatic rings. The van der Waals surface area contributed by atoms with Gasteiger partial charge in [0.2, 0.25) is 0 Å². The zero-order valence-corrected chi connectivity index (χ0v) is 9.40. The summed E-state index contributed by atoms with van der Waals surface area (Å²) in [4.78, 5) is 11.6. The first-order valence-electron chi connectivity index (χ1n) is 5.24. The van der Waals surface area contributed by atoms with Gasteiger partial charge in [0.05, 0.1) is 0 Å². The molecule has 0 radical (unpaired) electrons. The second-order valence-electron chi connectivity index (χ2n) is 4.18. The standard InChI is InChI=1S/C14H14O2/c1-10-8-14(16,9-11(2)13(10)15)12-6-4-3-5-7-12/h3-9,16H,1-2H3. The minimum absolute atomic E-state index is 0.000561. The van der Waals surface area contributed by atoms with Crippen LogP contribution in [0.5, 0.6) is 0 Å². The number of carbonyl (C=O) groups excluding carboxylic acids is 1. The van der Waals surface area contributed by atoms with Crippen LogP contribution in [0.25, 0.3) is 0 Å². The monoisotopic (exact) mass is 214 g/mol. The van der Waals surface area contributed by atoms with E-state index in [1.54, 1.807) is 26.0 Å². The van der Waals surface area contributed by atoms with E-state index in [0.29, 0.717) is 11.1 Å². The van der Waals surface area contributed by atoms with Gasteiger partial charge in [-0.25, -0.2) is 0 Å². The van der Waals surface area contributed by atoms with Gasteiger partial charge in [0.25, 0.3) is 0 Å². The first-order chi connectivity index (χ1) is 7.53. The molecule has 1 aliphatic rings. The number of aliphatic hydroxyl groups is 1. The van der Waals surface area contributed by atoms with Gasteiger partial charge in [0, 0.05) is 0 Å². The van der Waals surface area contributed by atoms with Crippen LogP contribution in [0, 0.1) is 0 Å². The summed E-state index contributed by atoms with van der Waals surface area (Å²) < 4.78 is 0. The molecule has 0 saturated heterocycles. The van der Waals surface area contributed by atoms with Gasteiger partial charge in [-0.3, -0.25) is 4.79 Å². The van der Waals surface area contributed by atoms with Crippen molar-refractivity contribution < 1.29 is 9.90 Å². The molecule has 82 valence electrons. The van der Waals surface area contributed by atoms with Crippen molar-refractivity contribution in [3.8, 4) is 0 Å². The summed E-state index contributed by atoms with van der Waals surface area (Å²) in [6.45, 7) is 3.46. The summed E-state index contributed by atoms with van der Waals surface area (Å²) in [6, 6.07) is 9.34. The Morgan fingerprint density at radius 2 is 1.50 bits per heavy atom.